The second-order valence-electron chi connectivity index (χ2n) is 3.70. The molecule has 0 radical (unpaired) electrons. The number of ether oxygens (including phenoxy) is 1. The molecule has 1 aliphatic heterocycles. The zero-order valence-electron chi connectivity index (χ0n) is 8.00. The number of nitrogens with zero attached hydrogens (tertiary/aromatic N) is 4. The molecule has 15 heavy (non-hydrogen) atoms. The van der Waals surface area contributed by atoms with Crippen LogP contribution in [0.2, 0.25) is 0 Å². The smallest absolute Gasteiger partial charge is 0.319 e. The van der Waals surface area contributed by atoms with Gasteiger partial charge in [-0.1, -0.05) is 11.8 Å². The number of carbonyl (C=O) groups is 1. The van der Waals surface area contributed by atoms with E-state index in [1.165, 1.54) is 11.8 Å². The van der Waals surface area contributed by atoms with Crippen LogP contribution in [0.3, 0.4) is 0 Å². The third kappa shape index (κ3) is 1.71. The summed E-state index contributed by atoms with van der Waals surface area (Å²) in [5, 5.41) is 12.1. The Balaban J connectivity index is 1.75. The van der Waals surface area contributed by atoms with E-state index in [2.05, 4.69) is 15.5 Å². The van der Waals surface area contributed by atoms with E-state index in [9.17, 15) is 4.79 Å². The third-order valence-electron chi connectivity index (χ3n) is 2.49. The van der Waals surface area contributed by atoms with Crippen LogP contribution in [0.4, 0.5) is 0 Å². The monoisotopic (exact) mass is 226 g/mol. The van der Waals surface area contributed by atoms with Crippen molar-refractivity contribution in [2.24, 2.45) is 0 Å². The van der Waals surface area contributed by atoms with E-state index in [0.717, 1.165) is 24.4 Å². The Morgan fingerprint density at radius 1 is 1.40 bits per heavy atom. The molecule has 1 saturated heterocycles. The van der Waals surface area contributed by atoms with Gasteiger partial charge in [0.1, 0.15) is 5.25 Å². The van der Waals surface area contributed by atoms with Gasteiger partial charge in [0.05, 0.1) is 12.6 Å². The van der Waals surface area contributed by atoms with E-state index in [4.69, 9.17) is 4.74 Å². The SMILES string of the molecule is O=C1OCCC1Sc1nnnn1C1CC1. The normalized spacial score (nSPS) is 25.6. The molecule has 0 amide bonds. The highest BCUT2D eigenvalue weighted by Gasteiger charge is 2.33. The fraction of sp³-hybridized carbons (Fsp3) is 0.750. The number of hydrogen-bond acceptors (Lipinski definition) is 6. The van der Waals surface area contributed by atoms with Gasteiger partial charge in [0.25, 0.3) is 0 Å². The van der Waals surface area contributed by atoms with E-state index in [1.54, 1.807) is 0 Å². The van der Waals surface area contributed by atoms with Gasteiger partial charge in [0, 0.05) is 6.42 Å². The minimum Gasteiger partial charge on any atom is -0.465 e. The summed E-state index contributed by atoms with van der Waals surface area (Å²) >= 11 is 1.41. The zero-order valence-corrected chi connectivity index (χ0v) is 8.81. The molecule has 0 spiro atoms. The standard InChI is InChI=1S/C8H10N4O2S/c13-7-6(3-4-14-7)15-8-9-10-11-12(8)5-1-2-5/h5-6H,1-4H2. The minimum atomic E-state index is -0.148. The number of hydrogen-bond donors (Lipinski definition) is 0. The molecule has 3 rings (SSSR count). The maximum absolute atomic E-state index is 11.3. The molecular weight excluding hydrogens is 216 g/mol. The van der Waals surface area contributed by atoms with Gasteiger partial charge in [0.2, 0.25) is 5.16 Å². The Labute approximate surface area is 90.4 Å². The van der Waals surface area contributed by atoms with E-state index in [1.807, 2.05) is 4.68 Å². The molecule has 6 nitrogen and oxygen atoms in total. The number of tetrazole rings is 1. The average Bonchev–Trinajstić information content (AvgIpc) is 2.85. The Hall–Kier alpha value is -1.11. The predicted molar refractivity (Wildman–Crippen MR) is 51.3 cm³/mol. The van der Waals surface area contributed by atoms with E-state index in [0.29, 0.717) is 12.6 Å². The Kier molecular flexibility index (Phi) is 2.12. The summed E-state index contributed by atoms with van der Waals surface area (Å²) in [7, 11) is 0. The molecular formula is C8H10N4O2S. The first-order valence-electron chi connectivity index (χ1n) is 4.96. The van der Waals surface area contributed by atoms with Gasteiger partial charge in [-0.05, 0) is 23.3 Å². The molecule has 1 aromatic heterocycles. The van der Waals surface area contributed by atoms with Crippen LogP contribution in [0.1, 0.15) is 25.3 Å². The first kappa shape index (κ1) is 9.14. The number of aromatic nitrogens is 4. The summed E-state index contributed by atoms with van der Waals surface area (Å²) in [5.74, 6) is -0.148. The van der Waals surface area contributed by atoms with Crippen molar-refractivity contribution in [3.63, 3.8) is 0 Å². The van der Waals surface area contributed by atoms with Crippen molar-refractivity contribution in [1.82, 2.24) is 20.2 Å². The summed E-state index contributed by atoms with van der Waals surface area (Å²) in [5.41, 5.74) is 0. The molecule has 1 aromatic rings. The lowest BCUT2D eigenvalue weighted by Crippen LogP contribution is -2.11. The van der Waals surface area contributed by atoms with Crippen LogP contribution in [-0.4, -0.2) is 38.0 Å². The average molecular weight is 226 g/mol. The lowest BCUT2D eigenvalue weighted by Gasteiger charge is -2.04. The van der Waals surface area contributed by atoms with Crippen molar-refractivity contribution < 1.29 is 9.53 Å². The molecule has 1 unspecified atom stereocenters. The highest BCUT2D eigenvalue weighted by molar-refractivity contribution is 8.00. The summed E-state index contributed by atoms with van der Waals surface area (Å²) in [6.45, 7) is 0.515. The number of thioether (sulfide) groups is 1. The Bertz CT molecular complexity index is 390. The summed E-state index contributed by atoms with van der Waals surface area (Å²) in [6, 6.07) is 0.444. The fourth-order valence-corrected chi connectivity index (χ4v) is 2.53. The number of rotatable bonds is 3. The van der Waals surface area contributed by atoms with Crippen LogP contribution in [0.25, 0.3) is 0 Å². The first-order chi connectivity index (χ1) is 7.34. The van der Waals surface area contributed by atoms with Gasteiger partial charge in [-0.3, -0.25) is 4.79 Å². The quantitative estimate of drug-likeness (QED) is 0.695. The predicted octanol–water partition coefficient (Wildman–Crippen LogP) is 0.416. The number of esters is 1. The molecule has 80 valence electrons. The van der Waals surface area contributed by atoms with Crippen molar-refractivity contribution in [2.75, 3.05) is 6.61 Å². The zero-order chi connectivity index (χ0) is 10.3. The van der Waals surface area contributed by atoms with Gasteiger partial charge < -0.3 is 4.74 Å². The maximum Gasteiger partial charge on any atom is 0.319 e. The van der Waals surface area contributed by atoms with Gasteiger partial charge in [-0.2, -0.15) is 0 Å². The van der Waals surface area contributed by atoms with Crippen molar-refractivity contribution in [3.05, 3.63) is 0 Å². The second kappa shape index (κ2) is 3.48. The summed E-state index contributed by atoms with van der Waals surface area (Å²) < 4.78 is 6.71. The van der Waals surface area contributed by atoms with E-state index in [-0.39, 0.29) is 11.2 Å². The Morgan fingerprint density at radius 2 is 2.27 bits per heavy atom. The fourth-order valence-electron chi connectivity index (χ4n) is 1.52. The third-order valence-corrected chi connectivity index (χ3v) is 3.68. The van der Waals surface area contributed by atoms with Crippen LogP contribution in [0, 0.1) is 0 Å². The lowest BCUT2D eigenvalue weighted by atomic mass is 10.4. The molecule has 0 bridgehead atoms. The molecule has 1 aliphatic carbocycles. The first-order valence-corrected chi connectivity index (χ1v) is 5.84. The molecule has 7 heteroatoms. The molecule has 1 atom stereocenters. The largest absolute Gasteiger partial charge is 0.465 e. The van der Waals surface area contributed by atoms with E-state index < -0.39 is 0 Å². The maximum atomic E-state index is 11.3. The number of cyclic esters (lactones) is 1. The highest BCUT2D eigenvalue weighted by Crippen LogP contribution is 2.38. The van der Waals surface area contributed by atoms with Crippen LogP contribution >= 0.6 is 11.8 Å². The summed E-state index contributed by atoms with van der Waals surface area (Å²) in [6.07, 6.45) is 3.02. The molecule has 0 aromatic carbocycles. The molecule has 0 N–H and O–H groups in total. The van der Waals surface area contributed by atoms with Gasteiger partial charge >= 0.3 is 5.97 Å². The summed E-state index contributed by atoms with van der Waals surface area (Å²) in [4.78, 5) is 11.3. The van der Waals surface area contributed by atoms with Crippen molar-refractivity contribution >= 4 is 17.7 Å². The highest BCUT2D eigenvalue weighted by atomic mass is 32.2. The van der Waals surface area contributed by atoms with Crippen molar-refractivity contribution in [1.29, 1.82) is 0 Å². The molecule has 2 aliphatic rings. The lowest BCUT2D eigenvalue weighted by molar-refractivity contribution is -0.137. The van der Waals surface area contributed by atoms with Crippen LogP contribution in [0.5, 0.6) is 0 Å². The topological polar surface area (TPSA) is 69.9 Å². The van der Waals surface area contributed by atoms with Gasteiger partial charge in [-0.15, -0.1) is 5.10 Å². The van der Waals surface area contributed by atoms with Crippen LogP contribution in [0.15, 0.2) is 5.16 Å². The molecule has 1 saturated carbocycles. The Morgan fingerprint density at radius 3 is 2.93 bits per heavy atom. The molecule has 2 fully saturated rings. The molecule has 2 heterocycles. The minimum absolute atomic E-state index is 0.131. The second-order valence-corrected chi connectivity index (χ2v) is 4.87. The van der Waals surface area contributed by atoms with Crippen molar-refractivity contribution in [2.45, 2.75) is 35.7 Å². The van der Waals surface area contributed by atoms with Crippen LogP contribution in [-0.2, 0) is 9.53 Å². The van der Waals surface area contributed by atoms with Crippen molar-refractivity contribution in [3.8, 4) is 0 Å². The van der Waals surface area contributed by atoms with Crippen LogP contribution < -0.4 is 0 Å². The number of carbonyl (C=O) groups excluding carboxylic acids is 1. The van der Waals surface area contributed by atoms with Gasteiger partial charge in [-0.25, -0.2) is 4.68 Å². The van der Waals surface area contributed by atoms with E-state index >= 15 is 0 Å². The van der Waals surface area contributed by atoms with Gasteiger partial charge in [0.15, 0.2) is 0 Å².